The molecular formula is C24H24F3N3O3S2. The average Bonchev–Trinajstić information content (AvgIpc) is 3.36. The first-order valence-corrected chi connectivity index (χ1v) is 13.8. The lowest BCUT2D eigenvalue weighted by Gasteiger charge is -2.45. The van der Waals surface area contributed by atoms with Crippen LogP contribution >= 0.6 is 11.5 Å². The molecule has 6 nitrogen and oxygen atoms in total. The van der Waals surface area contributed by atoms with Gasteiger partial charge in [-0.15, -0.1) is 0 Å². The normalized spacial score (nSPS) is 23.1. The van der Waals surface area contributed by atoms with Crippen LogP contribution < -0.4 is 4.74 Å². The van der Waals surface area contributed by atoms with Gasteiger partial charge in [0.05, 0.1) is 11.5 Å². The van der Waals surface area contributed by atoms with Crippen LogP contribution in [0.25, 0.3) is 0 Å². The highest BCUT2D eigenvalue weighted by Crippen LogP contribution is 2.46. The van der Waals surface area contributed by atoms with Gasteiger partial charge in [0, 0.05) is 30.0 Å². The predicted molar refractivity (Wildman–Crippen MR) is 125 cm³/mol. The Labute approximate surface area is 205 Å². The number of ether oxygens (including phenoxy) is 1. The molecule has 186 valence electrons. The van der Waals surface area contributed by atoms with E-state index >= 15 is 0 Å². The highest BCUT2D eigenvalue weighted by Gasteiger charge is 2.39. The van der Waals surface area contributed by atoms with Crippen molar-refractivity contribution in [1.29, 1.82) is 0 Å². The number of likely N-dealkylation sites (tertiary alicyclic amines) is 1. The molecule has 0 unspecified atom stereocenters. The molecule has 1 aromatic heterocycles. The number of benzene rings is 2. The smallest absolute Gasteiger partial charge is 0.241 e. The Morgan fingerprint density at radius 2 is 1.91 bits per heavy atom. The van der Waals surface area contributed by atoms with Crippen molar-refractivity contribution in [2.45, 2.75) is 48.4 Å². The molecule has 0 aliphatic carbocycles. The Balaban J connectivity index is 1.45. The molecule has 0 N–H and O–H groups in total. The second-order valence-corrected chi connectivity index (χ2v) is 11.7. The van der Waals surface area contributed by atoms with Crippen LogP contribution in [0.5, 0.6) is 5.75 Å². The van der Waals surface area contributed by atoms with Crippen LogP contribution in [0.4, 0.5) is 13.2 Å². The fourth-order valence-corrected chi connectivity index (χ4v) is 7.13. The Morgan fingerprint density at radius 1 is 1.11 bits per heavy atom. The van der Waals surface area contributed by atoms with E-state index in [9.17, 15) is 21.6 Å². The van der Waals surface area contributed by atoms with Gasteiger partial charge in [-0.25, -0.2) is 26.6 Å². The number of nitrogens with zero attached hydrogens (tertiary/aromatic N) is 3. The van der Waals surface area contributed by atoms with Crippen molar-refractivity contribution in [3.8, 4) is 5.75 Å². The number of piperidine rings is 1. The molecule has 3 aromatic rings. The van der Waals surface area contributed by atoms with Gasteiger partial charge in [0.1, 0.15) is 28.7 Å². The lowest BCUT2D eigenvalue weighted by molar-refractivity contribution is -0.0134. The van der Waals surface area contributed by atoms with Crippen molar-refractivity contribution in [3.05, 3.63) is 70.7 Å². The number of fused-ring (bicyclic) bond motifs is 1. The molecule has 0 spiro atoms. The molecule has 11 heteroatoms. The van der Waals surface area contributed by atoms with Crippen LogP contribution in [-0.4, -0.2) is 42.3 Å². The van der Waals surface area contributed by atoms with E-state index in [4.69, 9.17) is 4.74 Å². The lowest BCUT2D eigenvalue weighted by Crippen LogP contribution is -2.42. The molecule has 2 aliphatic rings. The molecule has 0 saturated carbocycles. The molecule has 35 heavy (non-hydrogen) atoms. The number of sulfone groups is 1. The second kappa shape index (κ2) is 9.87. The zero-order valence-electron chi connectivity index (χ0n) is 18.7. The molecule has 2 aliphatic heterocycles. The Bertz CT molecular complexity index is 1270. The van der Waals surface area contributed by atoms with Gasteiger partial charge < -0.3 is 4.74 Å². The Kier molecular flexibility index (Phi) is 6.82. The highest BCUT2D eigenvalue weighted by molar-refractivity contribution is 7.90. The van der Waals surface area contributed by atoms with Crippen molar-refractivity contribution in [2.24, 2.45) is 5.92 Å². The van der Waals surface area contributed by atoms with Gasteiger partial charge in [0.25, 0.3) is 0 Å². The van der Waals surface area contributed by atoms with Gasteiger partial charge in [-0.1, -0.05) is 18.2 Å². The van der Waals surface area contributed by atoms with E-state index in [0.29, 0.717) is 36.8 Å². The molecule has 3 atom stereocenters. The first-order chi connectivity index (χ1) is 16.8. The van der Waals surface area contributed by atoms with E-state index in [-0.39, 0.29) is 35.0 Å². The van der Waals surface area contributed by atoms with Crippen molar-refractivity contribution >= 4 is 21.4 Å². The van der Waals surface area contributed by atoms with E-state index in [1.54, 1.807) is 24.3 Å². The van der Waals surface area contributed by atoms with Crippen LogP contribution in [0.15, 0.2) is 53.7 Å². The van der Waals surface area contributed by atoms with Crippen molar-refractivity contribution in [2.75, 3.05) is 13.2 Å². The minimum atomic E-state index is -3.64. The average molecular weight is 524 g/mol. The summed E-state index contributed by atoms with van der Waals surface area (Å²) in [5.74, 6) is -0.865. The quantitative estimate of drug-likeness (QED) is 0.443. The van der Waals surface area contributed by atoms with Gasteiger partial charge in [0.15, 0.2) is 9.84 Å². The summed E-state index contributed by atoms with van der Waals surface area (Å²) in [4.78, 5) is 6.28. The molecule has 5 rings (SSSR count). The largest absolute Gasteiger partial charge is 0.493 e. The minimum absolute atomic E-state index is 0.132. The lowest BCUT2D eigenvalue weighted by atomic mass is 9.84. The SMILES string of the molecule is O=S(=O)(Cc1ncns1)c1ccc2c(c1)OCC[C@@H]2N1CC[C@H](C(F)F)C[C@@H]1c1ccc(F)cc1. The van der Waals surface area contributed by atoms with Crippen LogP contribution in [0.3, 0.4) is 0 Å². The summed E-state index contributed by atoms with van der Waals surface area (Å²) in [6, 6.07) is 10.4. The molecule has 3 heterocycles. The molecule has 1 saturated heterocycles. The van der Waals surface area contributed by atoms with Crippen LogP contribution in [-0.2, 0) is 15.6 Å². The van der Waals surface area contributed by atoms with Crippen molar-refractivity contribution in [1.82, 2.24) is 14.3 Å². The molecule has 0 bridgehead atoms. The van der Waals surface area contributed by atoms with Crippen molar-refractivity contribution < 1.29 is 26.3 Å². The van der Waals surface area contributed by atoms with Gasteiger partial charge in [-0.3, -0.25) is 4.90 Å². The van der Waals surface area contributed by atoms with E-state index < -0.39 is 22.2 Å². The number of hydrogen-bond acceptors (Lipinski definition) is 7. The third-order valence-electron chi connectivity index (χ3n) is 6.77. The number of alkyl halides is 2. The summed E-state index contributed by atoms with van der Waals surface area (Å²) >= 11 is 1.04. The summed E-state index contributed by atoms with van der Waals surface area (Å²) in [6.45, 7) is 0.834. The van der Waals surface area contributed by atoms with E-state index in [0.717, 1.165) is 22.7 Å². The maximum atomic E-state index is 13.6. The van der Waals surface area contributed by atoms with E-state index in [1.807, 2.05) is 0 Å². The van der Waals surface area contributed by atoms with E-state index in [1.165, 1.54) is 24.5 Å². The maximum Gasteiger partial charge on any atom is 0.241 e. The molecule has 0 amide bonds. The number of halogens is 3. The number of rotatable bonds is 6. The monoisotopic (exact) mass is 523 g/mol. The summed E-state index contributed by atoms with van der Waals surface area (Å²) in [7, 11) is -3.64. The zero-order valence-corrected chi connectivity index (χ0v) is 20.3. The Hall–Kier alpha value is -2.50. The molecular weight excluding hydrogens is 499 g/mol. The summed E-state index contributed by atoms with van der Waals surface area (Å²) < 4.78 is 76.3. The van der Waals surface area contributed by atoms with Gasteiger partial charge in [-0.2, -0.15) is 4.37 Å². The molecule has 1 fully saturated rings. The fraction of sp³-hybridized carbons (Fsp3) is 0.417. The van der Waals surface area contributed by atoms with Crippen LogP contribution in [0.2, 0.25) is 0 Å². The zero-order chi connectivity index (χ0) is 24.6. The first-order valence-electron chi connectivity index (χ1n) is 11.4. The fourth-order valence-electron chi connectivity index (χ4n) is 5.02. The van der Waals surface area contributed by atoms with Crippen LogP contribution in [0, 0.1) is 11.7 Å². The highest BCUT2D eigenvalue weighted by atomic mass is 32.2. The summed E-state index contributed by atoms with van der Waals surface area (Å²) in [5.41, 5.74) is 1.62. The summed E-state index contributed by atoms with van der Waals surface area (Å²) in [6.07, 6.45) is 0.176. The Morgan fingerprint density at radius 3 is 2.63 bits per heavy atom. The molecule has 2 aromatic carbocycles. The van der Waals surface area contributed by atoms with Gasteiger partial charge in [-0.05, 0) is 60.7 Å². The standard InChI is InChI=1S/C24H24F3N3O3S2/c25-17-3-1-15(2-4-17)21-11-16(24(26)27)7-9-30(21)20-8-10-33-22-12-18(5-6-19(20)22)35(31,32)13-23-28-14-29-34-23/h1-6,12,14,16,20-21,24H,7-11,13H2/t16-,20-,21+/m0/s1. The number of hydrogen-bond donors (Lipinski definition) is 0. The van der Waals surface area contributed by atoms with Gasteiger partial charge in [0.2, 0.25) is 6.43 Å². The second-order valence-electron chi connectivity index (χ2n) is 8.87. The van der Waals surface area contributed by atoms with E-state index in [2.05, 4.69) is 14.3 Å². The van der Waals surface area contributed by atoms with Gasteiger partial charge >= 0.3 is 0 Å². The van der Waals surface area contributed by atoms with Crippen LogP contribution in [0.1, 0.15) is 47.5 Å². The number of aromatic nitrogens is 2. The maximum absolute atomic E-state index is 13.6. The third kappa shape index (κ3) is 5.07. The predicted octanol–water partition coefficient (Wildman–Crippen LogP) is 5.19. The minimum Gasteiger partial charge on any atom is -0.493 e. The first kappa shape index (κ1) is 24.2. The third-order valence-corrected chi connectivity index (χ3v) is 9.24. The molecule has 0 radical (unpaired) electrons. The topological polar surface area (TPSA) is 72.4 Å². The summed E-state index contributed by atoms with van der Waals surface area (Å²) in [5, 5.41) is 0.408. The van der Waals surface area contributed by atoms with Crippen molar-refractivity contribution in [3.63, 3.8) is 0 Å².